The van der Waals surface area contributed by atoms with E-state index in [1.54, 1.807) is 41.8 Å². The summed E-state index contributed by atoms with van der Waals surface area (Å²) in [4.78, 5) is 22.8. The predicted octanol–water partition coefficient (Wildman–Crippen LogP) is 4.56. The van der Waals surface area contributed by atoms with E-state index in [-0.39, 0.29) is 11.7 Å². The lowest BCUT2D eigenvalue weighted by atomic mass is 10.2. The van der Waals surface area contributed by atoms with Crippen molar-refractivity contribution < 1.29 is 9.18 Å². The summed E-state index contributed by atoms with van der Waals surface area (Å²) in [6.07, 6.45) is 1.55. The minimum absolute atomic E-state index is 0.0121. The summed E-state index contributed by atoms with van der Waals surface area (Å²) in [5.41, 5.74) is 1.21. The van der Waals surface area contributed by atoms with Gasteiger partial charge >= 0.3 is 0 Å². The molecule has 1 saturated heterocycles. The minimum atomic E-state index is -0.195. The molecule has 1 aromatic carbocycles. The molecule has 0 atom stereocenters. The Morgan fingerprint density at radius 1 is 1.11 bits per heavy atom. The Morgan fingerprint density at radius 2 is 1.89 bits per heavy atom. The van der Waals surface area contributed by atoms with Gasteiger partial charge in [-0.2, -0.15) is 0 Å². The summed E-state index contributed by atoms with van der Waals surface area (Å²) in [5.74, 6) is -0.207. The highest BCUT2D eigenvalue weighted by Gasteiger charge is 2.23. The van der Waals surface area contributed by atoms with E-state index in [1.807, 2.05) is 17.0 Å². The predicted molar refractivity (Wildman–Crippen MR) is 110 cm³/mol. The molecule has 0 radical (unpaired) electrons. The van der Waals surface area contributed by atoms with Gasteiger partial charge in [0.1, 0.15) is 11.0 Å². The molecule has 0 aliphatic carbocycles. The summed E-state index contributed by atoms with van der Waals surface area (Å²) in [6, 6.07) is 14.2. The van der Waals surface area contributed by atoms with E-state index in [2.05, 4.69) is 16.0 Å². The molecule has 3 heterocycles. The second kappa shape index (κ2) is 8.39. The highest BCUT2D eigenvalue weighted by molar-refractivity contribution is 7.15. The van der Waals surface area contributed by atoms with Crippen molar-refractivity contribution in [2.24, 2.45) is 0 Å². The molecule has 4 nitrogen and oxygen atoms in total. The maximum absolute atomic E-state index is 14.0. The van der Waals surface area contributed by atoms with E-state index in [4.69, 9.17) is 11.6 Å². The summed E-state index contributed by atoms with van der Waals surface area (Å²) in [5, 5.41) is 0.327. The van der Waals surface area contributed by atoms with Crippen LogP contribution < -0.4 is 0 Å². The van der Waals surface area contributed by atoms with Gasteiger partial charge in [0.05, 0.1) is 0 Å². The quantitative estimate of drug-likeness (QED) is 0.586. The monoisotopic (exact) mass is 415 g/mol. The van der Waals surface area contributed by atoms with Crippen molar-refractivity contribution in [2.45, 2.75) is 6.54 Å². The van der Waals surface area contributed by atoms with Crippen LogP contribution in [0.25, 0.3) is 10.4 Å². The zero-order chi connectivity index (χ0) is 19.5. The largest absolute Gasteiger partial charge is 0.336 e. The Bertz CT molecular complexity index is 985. The Hall–Kier alpha value is -2.28. The third kappa shape index (κ3) is 4.24. The molecule has 1 fully saturated rings. The van der Waals surface area contributed by atoms with E-state index >= 15 is 0 Å². The molecule has 0 bridgehead atoms. The number of carbonyl (C=O) groups is 1. The maximum Gasteiger partial charge on any atom is 0.254 e. The van der Waals surface area contributed by atoms with E-state index in [1.165, 1.54) is 10.9 Å². The number of pyridine rings is 1. The van der Waals surface area contributed by atoms with Crippen molar-refractivity contribution in [1.29, 1.82) is 0 Å². The van der Waals surface area contributed by atoms with Gasteiger partial charge in [0.25, 0.3) is 5.91 Å². The first-order valence-electron chi connectivity index (χ1n) is 9.07. The van der Waals surface area contributed by atoms with Gasteiger partial charge in [-0.25, -0.2) is 9.37 Å². The van der Waals surface area contributed by atoms with Crippen LogP contribution in [0.15, 0.2) is 54.7 Å². The van der Waals surface area contributed by atoms with E-state index in [9.17, 15) is 9.18 Å². The number of aromatic nitrogens is 1. The molecule has 4 rings (SSSR count). The van der Waals surface area contributed by atoms with Crippen molar-refractivity contribution >= 4 is 28.8 Å². The van der Waals surface area contributed by atoms with E-state index in [0.717, 1.165) is 24.5 Å². The smallest absolute Gasteiger partial charge is 0.254 e. The molecule has 1 aliphatic rings. The number of halogens is 2. The van der Waals surface area contributed by atoms with Crippen LogP contribution in [0.4, 0.5) is 4.39 Å². The van der Waals surface area contributed by atoms with Gasteiger partial charge in [-0.15, -0.1) is 11.3 Å². The lowest BCUT2D eigenvalue weighted by Crippen LogP contribution is -2.48. The van der Waals surface area contributed by atoms with Crippen molar-refractivity contribution in [1.82, 2.24) is 14.8 Å². The molecule has 0 spiro atoms. The SMILES string of the molecule is O=C(c1ccnc(Cl)c1)N1CCN(Cc2ccc(-c3ccccc3F)s2)CC1. The van der Waals surface area contributed by atoms with Crippen molar-refractivity contribution in [3.8, 4) is 10.4 Å². The fraction of sp³-hybridized carbons (Fsp3) is 0.238. The second-order valence-corrected chi connectivity index (χ2v) is 8.24. The maximum atomic E-state index is 14.0. The molecule has 0 N–H and O–H groups in total. The fourth-order valence-corrected chi connectivity index (χ4v) is 4.57. The molecule has 7 heteroatoms. The zero-order valence-electron chi connectivity index (χ0n) is 15.1. The van der Waals surface area contributed by atoms with Crippen LogP contribution >= 0.6 is 22.9 Å². The topological polar surface area (TPSA) is 36.4 Å². The molecule has 2 aromatic heterocycles. The second-order valence-electron chi connectivity index (χ2n) is 6.68. The van der Waals surface area contributed by atoms with Crippen molar-refractivity contribution in [2.75, 3.05) is 26.2 Å². The van der Waals surface area contributed by atoms with Gasteiger partial charge in [-0.05, 0) is 30.3 Å². The average molecular weight is 416 g/mol. The van der Waals surface area contributed by atoms with Crippen LogP contribution in [0.1, 0.15) is 15.2 Å². The first-order chi connectivity index (χ1) is 13.6. The molecular weight excluding hydrogens is 397 g/mol. The third-order valence-corrected chi connectivity index (χ3v) is 6.12. The molecule has 1 amide bonds. The number of thiophene rings is 1. The molecule has 0 saturated carbocycles. The van der Waals surface area contributed by atoms with Crippen LogP contribution in [-0.4, -0.2) is 46.9 Å². The first kappa shape index (κ1) is 19.1. The van der Waals surface area contributed by atoms with Gasteiger partial charge in [0.15, 0.2) is 0 Å². The fourth-order valence-electron chi connectivity index (χ4n) is 3.32. The average Bonchev–Trinajstić information content (AvgIpc) is 3.16. The number of carbonyl (C=O) groups excluding carboxylic acids is 1. The van der Waals surface area contributed by atoms with Gasteiger partial charge in [0.2, 0.25) is 0 Å². The van der Waals surface area contributed by atoms with Crippen LogP contribution in [-0.2, 0) is 6.54 Å². The zero-order valence-corrected chi connectivity index (χ0v) is 16.7. The number of rotatable bonds is 4. The standard InChI is InChI=1S/C21H19ClFN3OS/c22-20-13-15(7-8-24-20)21(27)26-11-9-25(10-12-26)14-16-5-6-19(28-16)17-3-1-2-4-18(17)23/h1-8,13H,9-12,14H2. The van der Waals surface area contributed by atoms with Crippen LogP contribution in [0.2, 0.25) is 5.15 Å². The number of hydrogen-bond acceptors (Lipinski definition) is 4. The Kier molecular flexibility index (Phi) is 5.71. The van der Waals surface area contributed by atoms with Gasteiger partial charge in [0, 0.05) is 59.8 Å². The molecule has 1 aliphatic heterocycles. The first-order valence-corrected chi connectivity index (χ1v) is 10.3. The lowest BCUT2D eigenvalue weighted by Gasteiger charge is -2.34. The Morgan fingerprint density at radius 3 is 2.64 bits per heavy atom. The molecule has 0 unspecified atom stereocenters. The highest BCUT2D eigenvalue weighted by atomic mass is 35.5. The van der Waals surface area contributed by atoms with Crippen molar-refractivity contribution in [3.05, 3.63) is 76.1 Å². The molecule has 3 aromatic rings. The number of benzene rings is 1. The number of piperazine rings is 1. The lowest BCUT2D eigenvalue weighted by molar-refractivity contribution is 0.0629. The van der Waals surface area contributed by atoms with Crippen LogP contribution in [0.5, 0.6) is 0 Å². The van der Waals surface area contributed by atoms with Crippen molar-refractivity contribution in [3.63, 3.8) is 0 Å². The van der Waals surface area contributed by atoms with Gasteiger partial charge in [-0.1, -0.05) is 29.8 Å². The molecule has 28 heavy (non-hydrogen) atoms. The summed E-state index contributed by atoms with van der Waals surface area (Å²) in [6.45, 7) is 3.76. The molecule has 144 valence electrons. The van der Waals surface area contributed by atoms with E-state index < -0.39 is 0 Å². The summed E-state index contributed by atoms with van der Waals surface area (Å²) >= 11 is 7.50. The van der Waals surface area contributed by atoms with Crippen LogP contribution in [0, 0.1) is 5.82 Å². The van der Waals surface area contributed by atoms with Gasteiger partial charge in [-0.3, -0.25) is 9.69 Å². The normalized spacial score (nSPS) is 15.0. The molecular formula is C21H19ClFN3OS. The number of nitrogens with zero attached hydrogens (tertiary/aromatic N) is 3. The highest BCUT2D eigenvalue weighted by Crippen LogP contribution is 2.30. The summed E-state index contributed by atoms with van der Waals surface area (Å²) < 4.78 is 14.0. The Labute approximate surface area is 172 Å². The minimum Gasteiger partial charge on any atom is -0.336 e. The van der Waals surface area contributed by atoms with Crippen LogP contribution in [0.3, 0.4) is 0 Å². The van der Waals surface area contributed by atoms with E-state index in [0.29, 0.717) is 29.4 Å². The van der Waals surface area contributed by atoms with Gasteiger partial charge < -0.3 is 4.90 Å². The Balaban J connectivity index is 1.35. The summed E-state index contributed by atoms with van der Waals surface area (Å²) in [7, 11) is 0. The third-order valence-electron chi connectivity index (χ3n) is 4.81. The number of amides is 1. The number of hydrogen-bond donors (Lipinski definition) is 0.